The van der Waals surface area contributed by atoms with Crippen LogP contribution in [0.4, 0.5) is 0 Å². The van der Waals surface area contributed by atoms with Gasteiger partial charge in [-0.25, -0.2) is 4.98 Å². The fraction of sp³-hybridized carbons (Fsp3) is 0.545. The molecule has 0 amide bonds. The summed E-state index contributed by atoms with van der Waals surface area (Å²) in [7, 11) is 0. The number of carboxylic acids is 1. The Kier molecular flexibility index (Phi) is 9.22. The number of furan rings is 1. The second kappa shape index (κ2) is 11.7. The quantitative estimate of drug-likeness (QED) is 0.513. The number of aliphatic carboxylic acids is 1. The second-order valence-electron chi connectivity index (χ2n) is 6.52. The number of carboxylic acid groups (broad SMARTS) is 1. The van der Waals surface area contributed by atoms with E-state index < -0.39 is 5.97 Å². The van der Waals surface area contributed by atoms with Crippen LogP contribution in [0.5, 0.6) is 0 Å². The second-order valence-corrected chi connectivity index (χ2v) is 7.51. The maximum absolute atomic E-state index is 10.4. The molecule has 0 atom stereocenters. The molecule has 1 fully saturated rings. The molecule has 5 nitrogen and oxygen atoms in total. The molecule has 0 spiro atoms. The standard InChI is InChI=1S/C20H23NO4S.C2H6/c1-14-18(21-20(24-14)15-6-3-2-4-7-15)12-17-10-9-16(25-17)8-5-11-26-13-19(22)23;1-2/h9-10,15H,2-4,6-7,11-13H2,1H3,(H,22,23);1-2H3. The zero-order chi connectivity index (χ0) is 20.4. The highest BCUT2D eigenvalue weighted by molar-refractivity contribution is 8.00. The fourth-order valence-corrected chi connectivity index (χ4v) is 3.61. The first-order valence-electron chi connectivity index (χ1n) is 9.95. The van der Waals surface area contributed by atoms with Crippen LogP contribution in [-0.4, -0.2) is 27.6 Å². The Labute approximate surface area is 171 Å². The van der Waals surface area contributed by atoms with Crippen molar-refractivity contribution in [2.24, 2.45) is 0 Å². The molecule has 1 N–H and O–H groups in total. The van der Waals surface area contributed by atoms with Crippen LogP contribution in [0.3, 0.4) is 0 Å². The molecule has 3 rings (SSSR count). The Morgan fingerprint density at radius 3 is 2.71 bits per heavy atom. The van der Waals surface area contributed by atoms with Crippen molar-refractivity contribution in [3.63, 3.8) is 0 Å². The van der Waals surface area contributed by atoms with Crippen molar-refractivity contribution in [2.45, 2.75) is 65.2 Å². The van der Waals surface area contributed by atoms with E-state index in [-0.39, 0.29) is 5.75 Å². The number of aryl methyl sites for hydroxylation is 1. The number of rotatable bonds is 6. The average molecular weight is 404 g/mol. The Hall–Kier alpha value is -2.13. The van der Waals surface area contributed by atoms with Gasteiger partial charge in [0.15, 0.2) is 11.7 Å². The van der Waals surface area contributed by atoms with E-state index in [0.29, 0.717) is 23.9 Å². The molecule has 0 aliphatic heterocycles. The summed E-state index contributed by atoms with van der Waals surface area (Å²) in [5.74, 6) is 9.12. The van der Waals surface area contributed by atoms with Gasteiger partial charge in [0.05, 0.1) is 23.6 Å². The molecule has 1 aliphatic rings. The molecular weight excluding hydrogens is 374 g/mol. The molecule has 2 aromatic heterocycles. The molecule has 2 heterocycles. The van der Waals surface area contributed by atoms with Crippen molar-refractivity contribution in [1.29, 1.82) is 0 Å². The van der Waals surface area contributed by atoms with Crippen LogP contribution >= 0.6 is 11.8 Å². The van der Waals surface area contributed by atoms with Gasteiger partial charge >= 0.3 is 5.97 Å². The minimum atomic E-state index is -0.826. The highest BCUT2D eigenvalue weighted by atomic mass is 32.2. The predicted molar refractivity (Wildman–Crippen MR) is 112 cm³/mol. The molecule has 28 heavy (non-hydrogen) atoms. The number of carbonyl (C=O) groups is 1. The summed E-state index contributed by atoms with van der Waals surface area (Å²) < 4.78 is 11.7. The van der Waals surface area contributed by atoms with Crippen LogP contribution in [0.2, 0.25) is 0 Å². The molecule has 0 bridgehead atoms. The third-order valence-electron chi connectivity index (χ3n) is 4.48. The smallest absolute Gasteiger partial charge is 0.313 e. The van der Waals surface area contributed by atoms with E-state index in [4.69, 9.17) is 18.9 Å². The Morgan fingerprint density at radius 1 is 1.25 bits per heavy atom. The third kappa shape index (κ3) is 6.79. The zero-order valence-electron chi connectivity index (χ0n) is 16.9. The summed E-state index contributed by atoms with van der Waals surface area (Å²) in [6, 6.07) is 3.74. The van der Waals surface area contributed by atoms with Crippen molar-refractivity contribution in [1.82, 2.24) is 4.98 Å². The minimum Gasteiger partial charge on any atom is -0.481 e. The first-order chi connectivity index (χ1) is 13.6. The summed E-state index contributed by atoms with van der Waals surface area (Å²) in [6.07, 6.45) is 6.75. The molecule has 0 radical (unpaired) electrons. The van der Waals surface area contributed by atoms with Crippen LogP contribution in [0.15, 0.2) is 21.0 Å². The van der Waals surface area contributed by atoms with E-state index >= 15 is 0 Å². The van der Waals surface area contributed by atoms with Crippen LogP contribution in [0.25, 0.3) is 0 Å². The fourth-order valence-electron chi connectivity index (χ4n) is 3.16. The van der Waals surface area contributed by atoms with Gasteiger partial charge in [0, 0.05) is 5.92 Å². The summed E-state index contributed by atoms with van der Waals surface area (Å²) >= 11 is 1.27. The monoisotopic (exact) mass is 403 g/mol. The summed E-state index contributed by atoms with van der Waals surface area (Å²) in [6.45, 7) is 5.96. The Morgan fingerprint density at radius 2 is 2.00 bits per heavy atom. The maximum atomic E-state index is 10.4. The lowest BCUT2D eigenvalue weighted by Crippen LogP contribution is -2.04. The van der Waals surface area contributed by atoms with E-state index in [1.165, 1.54) is 43.9 Å². The lowest BCUT2D eigenvalue weighted by atomic mass is 9.89. The van der Waals surface area contributed by atoms with Crippen LogP contribution in [0.1, 0.15) is 80.7 Å². The van der Waals surface area contributed by atoms with Crippen molar-refractivity contribution in [2.75, 3.05) is 11.5 Å². The number of nitrogens with zero attached hydrogens (tertiary/aromatic N) is 1. The number of oxazole rings is 1. The molecule has 152 valence electrons. The lowest BCUT2D eigenvalue weighted by molar-refractivity contribution is -0.133. The maximum Gasteiger partial charge on any atom is 0.313 e. The van der Waals surface area contributed by atoms with Gasteiger partial charge in [-0.15, -0.1) is 11.8 Å². The Bertz CT molecular complexity index is 806. The number of hydrogen-bond donors (Lipinski definition) is 1. The van der Waals surface area contributed by atoms with Crippen LogP contribution in [0, 0.1) is 18.8 Å². The van der Waals surface area contributed by atoms with E-state index in [1.807, 2.05) is 32.9 Å². The topological polar surface area (TPSA) is 76.5 Å². The Balaban J connectivity index is 0.00000136. The van der Waals surface area contributed by atoms with Crippen molar-refractivity contribution >= 4 is 17.7 Å². The zero-order valence-corrected chi connectivity index (χ0v) is 17.7. The SMILES string of the molecule is CC.Cc1oc(C2CCCCC2)nc1Cc1ccc(C#CCSCC(=O)O)o1. The third-order valence-corrected chi connectivity index (χ3v) is 5.28. The normalized spacial score (nSPS) is 14.0. The van der Waals surface area contributed by atoms with Gasteiger partial charge in [0.1, 0.15) is 11.5 Å². The number of thioether (sulfide) groups is 1. The van der Waals surface area contributed by atoms with E-state index in [0.717, 1.165) is 23.1 Å². The van der Waals surface area contributed by atoms with Gasteiger partial charge < -0.3 is 13.9 Å². The molecule has 0 aromatic carbocycles. The minimum absolute atomic E-state index is 0.0623. The largest absolute Gasteiger partial charge is 0.481 e. The van der Waals surface area contributed by atoms with E-state index in [9.17, 15) is 4.79 Å². The van der Waals surface area contributed by atoms with Gasteiger partial charge in [-0.3, -0.25) is 4.79 Å². The predicted octanol–water partition coefficient (Wildman–Crippen LogP) is 5.41. The van der Waals surface area contributed by atoms with Crippen LogP contribution < -0.4 is 0 Å². The van der Waals surface area contributed by atoms with Crippen molar-refractivity contribution in [3.8, 4) is 11.8 Å². The highest BCUT2D eigenvalue weighted by Gasteiger charge is 2.22. The molecular formula is C22H29NO4S. The van der Waals surface area contributed by atoms with Gasteiger partial charge in [0.2, 0.25) is 0 Å². The average Bonchev–Trinajstić information content (AvgIpc) is 3.30. The lowest BCUT2D eigenvalue weighted by Gasteiger charge is -2.17. The summed E-state index contributed by atoms with van der Waals surface area (Å²) in [4.78, 5) is 15.2. The van der Waals surface area contributed by atoms with Gasteiger partial charge in [-0.1, -0.05) is 39.0 Å². The van der Waals surface area contributed by atoms with E-state index in [1.54, 1.807) is 0 Å². The summed E-state index contributed by atoms with van der Waals surface area (Å²) in [5.41, 5.74) is 0.927. The molecule has 1 aliphatic carbocycles. The molecule has 1 saturated carbocycles. The van der Waals surface area contributed by atoms with Crippen molar-refractivity contribution < 1.29 is 18.7 Å². The number of aromatic nitrogens is 1. The first-order valence-corrected chi connectivity index (χ1v) is 11.1. The van der Waals surface area contributed by atoms with Gasteiger partial charge in [-0.2, -0.15) is 0 Å². The van der Waals surface area contributed by atoms with E-state index in [2.05, 4.69) is 11.8 Å². The molecule has 0 saturated heterocycles. The molecule has 2 aromatic rings. The van der Waals surface area contributed by atoms with Gasteiger partial charge in [0.25, 0.3) is 0 Å². The van der Waals surface area contributed by atoms with Gasteiger partial charge in [-0.05, 0) is 37.8 Å². The van der Waals surface area contributed by atoms with Crippen LogP contribution in [-0.2, 0) is 11.2 Å². The first kappa shape index (κ1) is 22.2. The summed E-state index contributed by atoms with van der Waals surface area (Å²) in [5, 5.41) is 8.58. The van der Waals surface area contributed by atoms with Crippen molar-refractivity contribution in [3.05, 3.63) is 41.0 Å². The number of hydrogen-bond acceptors (Lipinski definition) is 5. The molecule has 6 heteroatoms. The highest BCUT2D eigenvalue weighted by Crippen LogP contribution is 2.33. The molecule has 0 unspecified atom stereocenters.